The van der Waals surface area contributed by atoms with E-state index in [1.54, 1.807) is 0 Å². The fourth-order valence-electron chi connectivity index (χ4n) is 2.04. The van der Waals surface area contributed by atoms with Gasteiger partial charge in [-0.2, -0.15) is 12.8 Å². The molecule has 7 heteroatoms. The molecule has 1 saturated carbocycles. The highest BCUT2D eigenvalue weighted by atomic mass is 79.9. The summed E-state index contributed by atoms with van der Waals surface area (Å²) in [5.74, 6) is -1.13. The zero-order valence-electron chi connectivity index (χ0n) is 10.8. The van der Waals surface area contributed by atoms with Gasteiger partial charge in [0, 0.05) is 4.47 Å². The number of carboxylic acid groups (broad SMARTS) is 1. The van der Waals surface area contributed by atoms with Gasteiger partial charge in [-0.3, -0.25) is 0 Å². The topological polar surface area (TPSA) is 83.8 Å². The van der Waals surface area contributed by atoms with Crippen LogP contribution >= 0.6 is 15.9 Å². The van der Waals surface area contributed by atoms with Gasteiger partial charge in [-0.1, -0.05) is 53.4 Å². The van der Waals surface area contributed by atoms with Gasteiger partial charge < -0.3 is 5.11 Å². The number of carboxylic acids is 1. The molecule has 0 unspecified atom stereocenters. The van der Waals surface area contributed by atoms with Crippen LogP contribution < -0.4 is 0 Å². The van der Waals surface area contributed by atoms with E-state index in [9.17, 15) is 13.2 Å². The van der Waals surface area contributed by atoms with Crippen LogP contribution in [0.15, 0.2) is 39.2 Å². The van der Waals surface area contributed by atoms with Gasteiger partial charge in [0.25, 0.3) is 0 Å². The average Bonchev–Trinajstić information content (AvgIpc) is 2.40. The zero-order chi connectivity index (χ0) is 15.0. The summed E-state index contributed by atoms with van der Waals surface area (Å²) in [5, 5.41) is 8.87. The Morgan fingerprint density at radius 2 is 1.70 bits per heavy atom. The number of hydrogen-bond acceptors (Lipinski definition) is 4. The van der Waals surface area contributed by atoms with Crippen LogP contribution in [0.4, 0.5) is 0 Å². The molecular weight excluding hydrogens is 346 g/mol. The number of aliphatic carboxylic acids is 1. The average molecular weight is 362 g/mol. The predicted octanol–water partition coefficient (Wildman–Crippen LogP) is 3.29. The minimum Gasteiger partial charge on any atom is -0.479 e. The van der Waals surface area contributed by atoms with Crippen molar-refractivity contribution in [1.82, 2.24) is 0 Å². The molecule has 1 N–H and O–H groups in total. The second kappa shape index (κ2) is 8.16. The zero-order valence-corrected chi connectivity index (χ0v) is 13.2. The molecule has 1 aromatic rings. The van der Waals surface area contributed by atoms with E-state index in [0.29, 0.717) is 12.8 Å². The summed E-state index contributed by atoms with van der Waals surface area (Å²) in [5.41, 5.74) is -1.37. The summed E-state index contributed by atoms with van der Waals surface area (Å²) >= 11 is 3.31. The number of hydrogen-bond donors (Lipinski definition) is 1. The molecule has 0 amide bonds. The standard InChI is InChI=1S/C7H11NO4S.C6H5Br/c9-6(10)7(8-13(11)12)4-2-1-3-5-7;7-6-4-2-1-3-5-6/h1-5H2,(H,9,10);1-5H. The second-order valence-electron chi connectivity index (χ2n) is 4.50. The van der Waals surface area contributed by atoms with Crippen molar-refractivity contribution in [2.75, 3.05) is 0 Å². The molecule has 20 heavy (non-hydrogen) atoms. The summed E-state index contributed by atoms with van der Waals surface area (Å²) in [6.07, 6.45) is 3.07. The molecule has 1 aromatic carbocycles. The van der Waals surface area contributed by atoms with E-state index in [1.807, 2.05) is 30.3 Å². The van der Waals surface area contributed by atoms with Gasteiger partial charge >= 0.3 is 16.5 Å². The molecule has 110 valence electrons. The first-order valence-corrected chi connectivity index (χ1v) is 8.05. The first-order chi connectivity index (χ1) is 9.46. The molecule has 0 aromatic heterocycles. The minimum atomic E-state index is -2.63. The lowest BCUT2D eigenvalue weighted by atomic mass is 9.83. The fraction of sp³-hybridized carbons (Fsp3) is 0.462. The number of benzene rings is 1. The highest BCUT2D eigenvalue weighted by Crippen LogP contribution is 2.31. The van der Waals surface area contributed by atoms with Crippen molar-refractivity contribution in [3.63, 3.8) is 0 Å². The molecule has 2 rings (SSSR count). The van der Waals surface area contributed by atoms with E-state index in [4.69, 9.17) is 5.11 Å². The summed E-state index contributed by atoms with van der Waals surface area (Å²) in [7, 11) is -2.63. The fourth-order valence-corrected chi connectivity index (χ4v) is 2.89. The quantitative estimate of drug-likeness (QED) is 0.875. The molecule has 0 aliphatic heterocycles. The lowest BCUT2D eigenvalue weighted by molar-refractivity contribution is -0.144. The second-order valence-corrected chi connectivity index (χ2v) is 6.03. The molecule has 0 bridgehead atoms. The Hall–Kier alpha value is -1.21. The van der Waals surface area contributed by atoms with Gasteiger partial charge in [0.2, 0.25) is 0 Å². The van der Waals surface area contributed by atoms with Gasteiger partial charge in [-0.15, -0.1) is 0 Å². The summed E-state index contributed by atoms with van der Waals surface area (Å²) in [6.45, 7) is 0. The normalized spacial score (nSPS) is 16.4. The summed E-state index contributed by atoms with van der Waals surface area (Å²) in [4.78, 5) is 10.8. The Bertz CT molecular complexity index is 557. The van der Waals surface area contributed by atoms with Crippen LogP contribution in [0.3, 0.4) is 0 Å². The molecular formula is C13H16BrNO4S. The lowest BCUT2D eigenvalue weighted by Crippen LogP contribution is -2.38. The third-order valence-electron chi connectivity index (χ3n) is 3.06. The van der Waals surface area contributed by atoms with Crippen molar-refractivity contribution in [1.29, 1.82) is 0 Å². The van der Waals surface area contributed by atoms with E-state index in [-0.39, 0.29) is 0 Å². The van der Waals surface area contributed by atoms with Crippen LogP contribution in [-0.4, -0.2) is 25.0 Å². The summed E-state index contributed by atoms with van der Waals surface area (Å²) in [6, 6.07) is 9.97. The van der Waals surface area contributed by atoms with E-state index in [2.05, 4.69) is 20.3 Å². The Balaban J connectivity index is 0.000000240. The van der Waals surface area contributed by atoms with Crippen LogP contribution in [0, 0.1) is 0 Å². The van der Waals surface area contributed by atoms with Gasteiger partial charge in [0.15, 0.2) is 5.54 Å². The molecule has 1 aliphatic carbocycles. The predicted molar refractivity (Wildman–Crippen MR) is 78.9 cm³/mol. The summed E-state index contributed by atoms with van der Waals surface area (Å²) < 4.78 is 25.1. The van der Waals surface area contributed by atoms with Crippen LogP contribution in [-0.2, 0) is 15.3 Å². The molecule has 0 heterocycles. The first kappa shape index (κ1) is 16.8. The highest BCUT2D eigenvalue weighted by Gasteiger charge is 2.40. The molecule has 0 spiro atoms. The Morgan fingerprint density at radius 3 is 2.05 bits per heavy atom. The van der Waals surface area contributed by atoms with Gasteiger partial charge in [0.05, 0.1) is 0 Å². The van der Waals surface area contributed by atoms with E-state index >= 15 is 0 Å². The minimum absolute atomic E-state index is 0.330. The van der Waals surface area contributed by atoms with Crippen LogP contribution in [0.2, 0.25) is 0 Å². The monoisotopic (exact) mass is 361 g/mol. The maximum Gasteiger partial charge on any atom is 0.332 e. The first-order valence-electron chi connectivity index (χ1n) is 6.22. The Morgan fingerprint density at radius 1 is 1.15 bits per heavy atom. The van der Waals surface area contributed by atoms with Crippen molar-refractivity contribution < 1.29 is 18.3 Å². The maximum atomic E-state index is 10.8. The van der Waals surface area contributed by atoms with Gasteiger partial charge in [0.1, 0.15) is 0 Å². The Kier molecular flexibility index (Phi) is 6.87. The van der Waals surface area contributed by atoms with Crippen molar-refractivity contribution >= 4 is 32.4 Å². The highest BCUT2D eigenvalue weighted by molar-refractivity contribution is 9.10. The van der Waals surface area contributed by atoms with E-state index in [1.165, 1.54) is 0 Å². The van der Waals surface area contributed by atoms with Crippen molar-refractivity contribution in [2.45, 2.75) is 37.6 Å². The number of rotatable bonds is 2. The maximum absolute atomic E-state index is 10.8. The molecule has 5 nitrogen and oxygen atoms in total. The third-order valence-corrected chi connectivity index (χ3v) is 4.09. The van der Waals surface area contributed by atoms with E-state index < -0.39 is 22.0 Å². The number of halogens is 1. The van der Waals surface area contributed by atoms with E-state index in [0.717, 1.165) is 23.7 Å². The largest absolute Gasteiger partial charge is 0.479 e. The molecule has 0 saturated heterocycles. The Labute approximate surface area is 127 Å². The van der Waals surface area contributed by atoms with Gasteiger partial charge in [-0.05, 0) is 25.0 Å². The molecule has 1 fully saturated rings. The number of carbonyl (C=O) groups is 1. The van der Waals surface area contributed by atoms with Crippen LogP contribution in [0.1, 0.15) is 32.1 Å². The third kappa shape index (κ3) is 5.42. The van der Waals surface area contributed by atoms with Crippen molar-refractivity contribution in [3.8, 4) is 0 Å². The van der Waals surface area contributed by atoms with Crippen LogP contribution in [0.25, 0.3) is 0 Å². The van der Waals surface area contributed by atoms with Crippen molar-refractivity contribution in [2.24, 2.45) is 4.36 Å². The van der Waals surface area contributed by atoms with Crippen molar-refractivity contribution in [3.05, 3.63) is 34.8 Å². The smallest absolute Gasteiger partial charge is 0.332 e. The molecule has 0 atom stereocenters. The lowest BCUT2D eigenvalue weighted by Gasteiger charge is -2.26. The van der Waals surface area contributed by atoms with Gasteiger partial charge in [-0.25, -0.2) is 4.79 Å². The SMILES string of the molecule is Brc1ccccc1.O=C(O)C1(N=S(=O)=O)CCCCC1. The van der Waals surface area contributed by atoms with Crippen LogP contribution in [0.5, 0.6) is 0 Å². The molecule has 1 aliphatic rings. The molecule has 0 radical (unpaired) electrons. The number of nitrogens with zero attached hydrogens (tertiary/aromatic N) is 1.